The molecule has 1 unspecified atom stereocenters. The molecule has 0 saturated carbocycles. The molecule has 0 aromatic heterocycles. The molecule has 2 rings (SSSR count). The van der Waals surface area contributed by atoms with E-state index >= 15 is 0 Å². The molecule has 1 aromatic rings. The van der Waals surface area contributed by atoms with Crippen LogP contribution in [0.2, 0.25) is 0 Å². The van der Waals surface area contributed by atoms with Gasteiger partial charge in [-0.25, -0.2) is 0 Å². The molecule has 1 aliphatic heterocycles. The predicted molar refractivity (Wildman–Crippen MR) is 81.1 cm³/mol. The minimum Gasteiger partial charge on any atom is -0.378 e. The summed E-state index contributed by atoms with van der Waals surface area (Å²) in [7, 11) is 0. The lowest BCUT2D eigenvalue weighted by molar-refractivity contribution is 0.0922. The molecule has 0 N–H and O–H groups in total. The third kappa shape index (κ3) is 3.54. The summed E-state index contributed by atoms with van der Waals surface area (Å²) in [6.07, 6.45) is 5.33. The minimum atomic E-state index is 0.265. The standard InChI is InChI=1S/C15H19IO2/c1-11-5-2-8-13(15(11)16)14(17)9-3-6-12-7-4-10-18-12/h2,5,8,12H,3-4,6-7,9-10H2,1H3. The predicted octanol–water partition coefficient (Wildman–Crippen LogP) is 4.13. The van der Waals surface area contributed by atoms with Crippen molar-refractivity contribution in [2.75, 3.05) is 6.61 Å². The highest BCUT2D eigenvalue weighted by Crippen LogP contribution is 2.21. The number of ether oxygens (including phenoxy) is 1. The highest BCUT2D eigenvalue weighted by atomic mass is 127. The molecule has 1 heterocycles. The summed E-state index contributed by atoms with van der Waals surface area (Å²) >= 11 is 2.26. The largest absolute Gasteiger partial charge is 0.378 e. The van der Waals surface area contributed by atoms with Gasteiger partial charge in [-0.3, -0.25) is 4.79 Å². The van der Waals surface area contributed by atoms with E-state index in [1.54, 1.807) is 0 Å². The summed E-state index contributed by atoms with van der Waals surface area (Å²) in [4.78, 5) is 12.1. The zero-order chi connectivity index (χ0) is 13.0. The van der Waals surface area contributed by atoms with Crippen molar-refractivity contribution in [1.82, 2.24) is 0 Å². The van der Waals surface area contributed by atoms with Crippen molar-refractivity contribution < 1.29 is 9.53 Å². The van der Waals surface area contributed by atoms with Crippen LogP contribution in [0.25, 0.3) is 0 Å². The van der Waals surface area contributed by atoms with Crippen molar-refractivity contribution in [3.8, 4) is 0 Å². The lowest BCUT2D eigenvalue weighted by Crippen LogP contribution is -2.07. The van der Waals surface area contributed by atoms with E-state index in [9.17, 15) is 4.79 Å². The normalized spacial score (nSPS) is 19.1. The van der Waals surface area contributed by atoms with Gasteiger partial charge < -0.3 is 4.74 Å². The molecule has 1 aromatic carbocycles. The van der Waals surface area contributed by atoms with Crippen LogP contribution in [-0.2, 0) is 4.74 Å². The number of carbonyl (C=O) groups excluding carboxylic acids is 1. The second kappa shape index (κ2) is 6.66. The molecule has 1 aliphatic rings. The highest BCUT2D eigenvalue weighted by molar-refractivity contribution is 14.1. The third-order valence-electron chi connectivity index (χ3n) is 3.45. The highest BCUT2D eigenvalue weighted by Gasteiger charge is 2.16. The Morgan fingerprint density at radius 2 is 2.33 bits per heavy atom. The first kappa shape index (κ1) is 14.0. The van der Waals surface area contributed by atoms with Crippen LogP contribution < -0.4 is 0 Å². The SMILES string of the molecule is Cc1cccc(C(=O)CCCC2CCCO2)c1I. The van der Waals surface area contributed by atoms with Crippen molar-refractivity contribution in [2.45, 2.75) is 45.1 Å². The Morgan fingerprint density at radius 3 is 3.06 bits per heavy atom. The molecule has 1 saturated heterocycles. The summed E-state index contributed by atoms with van der Waals surface area (Å²) in [6, 6.07) is 5.94. The number of Topliss-reactive ketones (excluding diaryl/α,β-unsaturated/α-hetero) is 1. The first-order chi connectivity index (χ1) is 8.68. The van der Waals surface area contributed by atoms with Crippen molar-refractivity contribution in [3.05, 3.63) is 32.9 Å². The zero-order valence-corrected chi connectivity index (χ0v) is 12.9. The second-order valence-corrected chi connectivity index (χ2v) is 5.97. The Bertz CT molecular complexity index is 423. The minimum absolute atomic E-state index is 0.265. The first-order valence-electron chi connectivity index (χ1n) is 6.58. The van der Waals surface area contributed by atoms with Gasteiger partial charge in [-0.1, -0.05) is 18.2 Å². The summed E-state index contributed by atoms with van der Waals surface area (Å²) in [5, 5.41) is 0. The van der Waals surface area contributed by atoms with Gasteiger partial charge in [0.15, 0.2) is 5.78 Å². The Labute approximate surface area is 122 Å². The van der Waals surface area contributed by atoms with Crippen LogP contribution in [0.1, 0.15) is 48.0 Å². The summed E-state index contributed by atoms with van der Waals surface area (Å²) in [5.74, 6) is 0.265. The van der Waals surface area contributed by atoms with E-state index in [1.807, 2.05) is 25.1 Å². The van der Waals surface area contributed by atoms with Crippen LogP contribution in [0, 0.1) is 10.5 Å². The van der Waals surface area contributed by atoms with Gasteiger partial charge in [-0.15, -0.1) is 0 Å². The molecule has 0 spiro atoms. The maximum atomic E-state index is 12.1. The average molecular weight is 358 g/mol. The van der Waals surface area contributed by atoms with E-state index in [0.29, 0.717) is 12.5 Å². The Morgan fingerprint density at radius 1 is 1.50 bits per heavy atom. The molecule has 18 heavy (non-hydrogen) atoms. The molecule has 3 heteroatoms. The molecular weight excluding hydrogens is 339 g/mol. The number of halogens is 1. The maximum absolute atomic E-state index is 12.1. The monoisotopic (exact) mass is 358 g/mol. The molecule has 1 fully saturated rings. The van der Waals surface area contributed by atoms with Gasteiger partial charge in [0.1, 0.15) is 0 Å². The van der Waals surface area contributed by atoms with E-state index in [1.165, 1.54) is 12.0 Å². The fraction of sp³-hybridized carbons (Fsp3) is 0.533. The maximum Gasteiger partial charge on any atom is 0.163 e. The Hall–Kier alpha value is -0.420. The van der Waals surface area contributed by atoms with Gasteiger partial charge in [0, 0.05) is 22.2 Å². The molecule has 2 nitrogen and oxygen atoms in total. The van der Waals surface area contributed by atoms with Crippen molar-refractivity contribution in [1.29, 1.82) is 0 Å². The molecule has 0 aliphatic carbocycles. The number of benzene rings is 1. The number of hydrogen-bond acceptors (Lipinski definition) is 2. The van der Waals surface area contributed by atoms with Crippen LogP contribution in [0.4, 0.5) is 0 Å². The van der Waals surface area contributed by atoms with Crippen molar-refractivity contribution in [2.24, 2.45) is 0 Å². The number of aryl methyl sites for hydroxylation is 1. The van der Waals surface area contributed by atoms with E-state index in [4.69, 9.17) is 4.74 Å². The summed E-state index contributed by atoms with van der Waals surface area (Å²) in [6.45, 7) is 2.94. The van der Waals surface area contributed by atoms with E-state index in [0.717, 1.165) is 35.0 Å². The van der Waals surface area contributed by atoms with Gasteiger partial charge in [-0.05, 0) is 60.8 Å². The lowest BCUT2D eigenvalue weighted by atomic mass is 10.0. The Balaban J connectivity index is 1.85. The molecule has 0 amide bonds. The molecular formula is C15H19IO2. The van der Waals surface area contributed by atoms with Crippen molar-refractivity contribution in [3.63, 3.8) is 0 Å². The van der Waals surface area contributed by atoms with E-state index in [2.05, 4.69) is 22.6 Å². The molecule has 98 valence electrons. The smallest absolute Gasteiger partial charge is 0.163 e. The fourth-order valence-corrected chi connectivity index (χ4v) is 3.02. The number of rotatable bonds is 5. The third-order valence-corrected chi connectivity index (χ3v) is 4.88. The van der Waals surface area contributed by atoms with E-state index in [-0.39, 0.29) is 5.78 Å². The first-order valence-corrected chi connectivity index (χ1v) is 7.66. The van der Waals surface area contributed by atoms with Crippen LogP contribution in [-0.4, -0.2) is 18.5 Å². The fourth-order valence-electron chi connectivity index (χ4n) is 2.36. The van der Waals surface area contributed by atoms with Gasteiger partial charge in [0.2, 0.25) is 0 Å². The van der Waals surface area contributed by atoms with Gasteiger partial charge in [-0.2, -0.15) is 0 Å². The van der Waals surface area contributed by atoms with Crippen molar-refractivity contribution >= 4 is 28.4 Å². The summed E-state index contributed by atoms with van der Waals surface area (Å²) in [5.41, 5.74) is 2.06. The molecule has 1 atom stereocenters. The Kier molecular flexibility index (Phi) is 5.18. The molecule has 0 bridgehead atoms. The zero-order valence-electron chi connectivity index (χ0n) is 10.7. The summed E-state index contributed by atoms with van der Waals surface area (Å²) < 4.78 is 6.67. The number of ketones is 1. The quantitative estimate of drug-likeness (QED) is 0.584. The van der Waals surface area contributed by atoms with Crippen LogP contribution in [0.15, 0.2) is 18.2 Å². The topological polar surface area (TPSA) is 26.3 Å². The van der Waals surface area contributed by atoms with Gasteiger partial charge in [0.25, 0.3) is 0 Å². The van der Waals surface area contributed by atoms with Crippen LogP contribution >= 0.6 is 22.6 Å². The average Bonchev–Trinajstić information content (AvgIpc) is 2.85. The number of hydrogen-bond donors (Lipinski definition) is 0. The van der Waals surface area contributed by atoms with Crippen LogP contribution in [0.5, 0.6) is 0 Å². The second-order valence-electron chi connectivity index (χ2n) is 4.89. The van der Waals surface area contributed by atoms with E-state index < -0.39 is 0 Å². The van der Waals surface area contributed by atoms with Crippen LogP contribution in [0.3, 0.4) is 0 Å². The number of carbonyl (C=O) groups is 1. The van der Waals surface area contributed by atoms with Gasteiger partial charge >= 0.3 is 0 Å². The molecule has 0 radical (unpaired) electrons. The lowest BCUT2D eigenvalue weighted by Gasteiger charge is -2.09. The van der Waals surface area contributed by atoms with Gasteiger partial charge in [0.05, 0.1) is 6.10 Å².